The summed E-state index contributed by atoms with van der Waals surface area (Å²) in [5.74, 6) is -0.202. The number of carbonyl (C=O) groups excluding carboxylic acids is 1. The number of nitrogens with one attached hydrogen (secondary N) is 1. The molecule has 1 aromatic rings. The molecule has 0 aliphatic rings. The van der Waals surface area contributed by atoms with Gasteiger partial charge in [0.05, 0.1) is 0 Å². The van der Waals surface area contributed by atoms with E-state index >= 15 is 0 Å². The number of hydrogen-bond acceptors (Lipinski definition) is 3. The van der Waals surface area contributed by atoms with Crippen molar-refractivity contribution in [3.63, 3.8) is 0 Å². The Labute approximate surface area is 139 Å². The molecular weight excluding hydrogens is 295 g/mol. The van der Waals surface area contributed by atoms with Gasteiger partial charge in [-0.05, 0) is 40.2 Å². The van der Waals surface area contributed by atoms with Gasteiger partial charge in [0, 0.05) is 31.2 Å². The van der Waals surface area contributed by atoms with Crippen molar-refractivity contribution in [2.75, 3.05) is 19.6 Å². The molecule has 1 aromatic carbocycles. The summed E-state index contributed by atoms with van der Waals surface area (Å²) in [4.78, 5) is 13.7. The molecule has 1 unspecified atom stereocenters. The Morgan fingerprint density at radius 1 is 1.30 bits per heavy atom. The minimum atomic E-state index is -0.503. The maximum Gasteiger partial charge on any atom is 0.410 e. The van der Waals surface area contributed by atoms with Gasteiger partial charge >= 0.3 is 6.09 Å². The van der Waals surface area contributed by atoms with E-state index in [4.69, 9.17) is 4.74 Å². The Kier molecular flexibility index (Phi) is 7.49. The number of benzene rings is 1. The normalized spacial score (nSPS) is 12.8. The molecule has 0 saturated carbocycles. The molecular formula is C18H29FN2O2. The molecule has 4 nitrogen and oxygen atoms in total. The van der Waals surface area contributed by atoms with Gasteiger partial charge < -0.3 is 15.0 Å². The molecule has 23 heavy (non-hydrogen) atoms. The number of ether oxygens (including phenoxy) is 1. The first-order valence-corrected chi connectivity index (χ1v) is 8.24. The van der Waals surface area contributed by atoms with Gasteiger partial charge in [-0.15, -0.1) is 0 Å². The zero-order chi connectivity index (χ0) is 17.5. The summed E-state index contributed by atoms with van der Waals surface area (Å²) in [7, 11) is 0. The van der Waals surface area contributed by atoms with Crippen LogP contribution < -0.4 is 5.32 Å². The fourth-order valence-corrected chi connectivity index (χ4v) is 2.31. The molecule has 1 atom stereocenters. The van der Waals surface area contributed by atoms with Gasteiger partial charge in [0.15, 0.2) is 0 Å². The number of nitrogens with zero attached hydrogens (tertiary/aromatic N) is 1. The van der Waals surface area contributed by atoms with Crippen molar-refractivity contribution in [1.29, 1.82) is 0 Å². The summed E-state index contributed by atoms with van der Waals surface area (Å²) in [5.41, 5.74) is 0.159. The molecule has 0 radical (unpaired) electrons. The van der Waals surface area contributed by atoms with E-state index in [0.717, 1.165) is 6.42 Å². The van der Waals surface area contributed by atoms with Crippen molar-refractivity contribution >= 4 is 6.09 Å². The van der Waals surface area contributed by atoms with Gasteiger partial charge in [0.2, 0.25) is 0 Å². The second-order valence-electron chi connectivity index (χ2n) is 6.50. The van der Waals surface area contributed by atoms with E-state index in [1.54, 1.807) is 17.0 Å². The molecule has 0 aliphatic heterocycles. The van der Waals surface area contributed by atoms with Crippen LogP contribution in [0.25, 0.3) is 0 Å². The zero-order valence-electron chi connectivity index (χ0n) is 14.9. The van der Waals surface area contributed by atoms with Crippen molar-refractivity contribution in [3.05, 3.63) is 35.6 Å². The minimum Gasteiger partial charge on any atom is -0.444 e. The molecule has 0 saturated heterocycles. The van der Waals surface area contributed by atoms with Crippen molar-refractivity contribution in [2.24, 2.45) is 0 Å². The summed E-state index contributed by atoms with van der Waals surface area (Å²) in [6, 6.07) is 6.73. The third-order valence-corrected chi connectivity index (χ3v) is 3.49. The van der Waals surface area contributed by atoms with E-state index in [0.29, 0.717) is 25.2 Å². The molecule has 0 bridgehead atoms. The number of rotatable bonds is 7. The Balaban J connectivity index is 2.56. The fraction of sp³-hybridized carbons (Fsp3) is 0.611. The molecule has 0 fully saturated rings. The van der Waals surface area contributed by atoms with Crippen LogP contribution in [-0.4, -0.2) is 36.2 Å². The number of likely N-dealkylation sites (N-methyl/N-ethyl adjacent to an activating group) is 1. The van der Waals surface area contributed by atoms with E-state index in [1.807, 2.05) is 40.7 Å². The van der Waals surface area contributed by atoms with Gasteiger partial charge in [-0.2, -0.15) is 0 Å². The molecule has 0 spiro atoms. The van der Waals surface area contributed by atoms with E-state index in [-0.39, 0.29) is 18.0 Å². The highest BCUT2D eigenvalue weighted by Gasteiger charge is 2.21. The minimum absolute atomic E-state index is 0.0615. The van der Waals surface area contributed by atoms with Crippen LogP contribution in [0.2, 0.25) is 0 Å². The third kappa shape index (κ3) is 6.57. The highest BCUT2D eigenvalue weighted by atomic mass is 19.1. The number of carbonyl (C=O) groups is 1. The average Bonchev–Trinajstić information content (AvgIpc) is 2.47. The van der Waals surface area contributed by atoms with Crippen molar-refractivity contribution < 1.29 is 13.9 Å². The van der Waals surface area contributed by atoms with Gasteiger partial charge in [-0.3, -0.25) is 0 Å². The summed E-state index contributed by atoms with van der Waals surface area (Å²) in [6.07, 6.45) is 0.459. The number of amides is 1. The summed E-state index contributed by atoms with van der Waals surface area (Å²) in [5, 5.41) is 3.32. The number of hydrogen-bond donors (Lipinski definition) is 1. The molecule has 1 rings (SSSR count). The van der Waals surface area contributed by atoms with Crippen molar-refractivity contribution in [3.8, 4) is 0 Å². The zero-order valence-corrected chi connectivity index (χ0v) is 14.9. The third-order valence-electron chi connectivity index (χ3n) is 3.49. The lowest BCUT2D eigenvalue weighted by Crippen LogP contribution is -2.40. The lowest BCUT2D eigenvalue weighted by molar-refractivity contribution is 0.0261. The average molecular weight is 324 g/mol. The van der Waals surface area contributed by atoms with Crippen LogP contribution >= 0.6 is 0 Å². The standard InChI is InChI=1S/C18H29FN2O2/c1-6-16(14-10-8-9-11-15(14)19)20-12-13-21(7-2)17(22)23-18(3,4)5/h8-11,16,20H,6-7,12-13H2,1-5H3. The predicted molar refractivity (Wildman–Crippen MR) is 90.9 cm³/mol. The predicted octanol–water partition coefficient (Wildman–Crippen LogP) is 4.12. The molecule has 5 heteroatoms. The highest BCUT2D eigenvalue weighted by molar-refractivity contribution is 5.68. The Hall–Kier alpha value is -1.62. The molecule has 130 valence electrons. The van der Waals surface area contributed by atoms with Crippen molar-refractivity contribution in [1.82, 2.24) is 10.2 Å². The van der Waals surface area contributed by atoms with E-state index in [2.05, 4.69) is 5.32 Å². The summed E-state index contributed by atoms with van der Waals surface area (Å²) in [6.45, 7) is 11.2. The first-order chi connectivity index (χ1) is 10.8. The van der Waals surface area contributed by atoms with E-state index in [1.165, 1.54) is 6.07 Å². The van der Waals surface area contributed by atoms with Crippen LogP contribution in [0.1, 0.15) is 52.6 Å². The highest BCUT2D eigenvalue weighted by Crippen LogP contribution is 2.19. The quantitative estimate of drug-likeness (QED) is 0.820. The molecule has 1 amide bonds. The fourth-order valence-electron chi connectivity index (χ4n) is 2.31. The first-order valence-electron chi connectivity index (χ1n) is 8.24. The van der Waals surface area contributed by atoms with E-state index < -0.39 is 5.60 Å². The Bertz CT molecular complexity index is 500. The SMILES string of the molecule is CCC(NCCN(CC)C(=O)OC(C)(C)C)c1ccccc1F. The largest absolute Gasteiger partial charge is 0.444 e. The Morgan fingerprint density at radius 3 is 2.48 bits per heavy atom. The van der Waals surface area contributed by atoms with Gasteiger partial charge in [-0.1, -0.05) is 25.1 Å². The summed E-state index contributed by atoms with van der Waals surface area (Å²) >= 11 is 0. The smallest absolute Gasteiger partial charge is 0.410 e. The van der Waals surface area contributed by atoms with E-state index in [9.17, 15) is 9.18 Å². The van der Waals surface area contributed by atoms with Gasteiger partial charge in [-0.25, -0.2) is 9.18 Å². The van der Waals surface area contributed by atoms with Crippen LogP contribution in [0.5, 0.6) is 0 Å². The monoisotopic (exact) mass is 324 g/mol. The van der Waals surface area contributed by atoms with Crippen molar-refractivity contribution in [2.45, 2.75) is 52.7 Å². The van der Waals surface area contributed by atoms with Crippen LogP contribution in [0.3, 0.4) is 0 Å². The maximum absolute atomic E-state index is 13.9. The van der Waals surface area contributed by atoms with Crippen LogP contribution in [0.15, 0.2) is 24.3 Å². The molecule has 0 aliphatic carbocycles. The molecule has 1 N–H and O–H groups in total. The lowest BCUT2D eigenvalue weighted by Gasteiger charge is -2.27. The number of halogens is 1. The molecule has 0 heterocycles. The maximum atomic E-state index is 13.9. The first kappa shape index (κ1) is 19.4. The second-order valence-corrected chi connectivity index (χ2v) is 6.50. The van der Waals surface area contributed by atoms with Crippen LogP contribution in [0.4, 0.5) is 9.18 Å². The van der Waals surface area contributed by atoms with Crippen LogP contribution in [-0.2, 0) is 4.74 Å². The summed E-state index contributed by atoms with van der Waals surface area (Å²) < 4.78 is 19.2. The lowest BCUT2D eigenvalue weighted by atomic mass is 10.0. The van der Waals surface area contributed by atoms with Gasteiger partial charge in [0.25, 0.3) is 0 Å². The van der Waals surface area contributed by atoms with Crippen LogP contribution in [0, 0.1) is 5.82 Å². The Morgan fingerprint density at radius 2 is 1.96 bits per heavy atom. The second kappa shape index (κ2) is 8.87. The molecule has 0 aromatic heterocycles. The van der Waals surface area contributed by atoms with Gasteiger partial charge in [0.1, 0.15) is 11.4 Å². The topological polar surface area (TPSA) is 41.6 Å².